The van der Waals surface area contributed by atoms with Gasteiger partial charge >= 0.3 is 0 Å². The highest BCUT2D eigenvalue weighted by molar-refractivity contribution is 5.87. The summed E-state index contributed by atoms with van der Waals surface area (Å²) in [5.74, 6) is 0.908. The van der Waals surface area contributed by atoms with E-state index in [2.05, 4.69) is 187 Å². The molecule has 0 atom stereocenters. The molecule has 1 aliphatic heterocycles. The minimum atomic E-state index is -0.0915. The highest BCUT2D eigenvalue weighted by Crippen LogP contribution is 2.51. The van der Waals surface area contributed by atoms with E-state index < -0.39 is 0 Å². The zero-order valence-corrected chi connectivity index (χ0v) is 25.4. The number of fused-ring (bicyclic) bond motifs is 2. The van der Waals surface area contributed by atoms with Gasteiger partial charge in [0.25, 0.3) is 0 Å². The molecule has 0 bridgehead atoms. The number of rotatable bonds is 5. The van der Waals surface area contributed by atoms with Gasteiger partial charge in [0.15, 0.2) is 0 Å². The number of anilines is 3. The molecule has 0 spiro atoms. The molecule has 0 N–H and O–H groups in total. The van der Waals surface area contributed by atoms with Gasteiger partial charge in [0.05, 0.1) is 22.8 Å². The molecular formula is C42H33N3. The number of hydrogen-bond acceptors (Lipinski definition) is 2. The first-order valence-electron chi connectivity index (χ1n) is 15.5. The Morgan fingerprint density at radius 1 is 0.444 bits per heavy atom. The van der Waals surface area contributed by atoms with E-state index in [1.807, 2.05) is 0 Å². The maximum Gasteiger partial charge on any atom is 0.145 e. The van der Waals surface area contributed by atoms with Crippen molar-refractivity contribution in [2.24, 2.45) is 0 Å². The standard InChI is InChI=1S/C42H33N3/c1-42(2)35-22-12-14-24-37(35)44(38-25-15-13-23-36(38)42)34-28-26-32(27-29-34)41-43-39(30-16-6-3-7-17-30)40(31-18-8-4-9-19-31)45(41)33-20-10-5-11-21-33/h3-29H,1-2H3. The van der Waals surface area contributed by atoms with Gasteiger partial charge in [0, 0.05) is 33.5 Å². The lowest BCUT2D eigenvalue weighted by molar-refractivity contribution is 0.632. The first kappa shape index (κ1) is 26.9. The smallest absolute Gasteiger partial charge is 0.145 e. The first-order chi connectivity index (χ1) is 22.1. The second-order valence-corrected chi connectivity index (χ2v) is 12.1. The summed E-state index contributed by atoms with van der Waals surface area (Å²) in [6.07, 6.45) is 0. The van der Waals surface area contributed by atoms with Crippen molar-refractivity contribution in [1.29, 1.82) is 0 Å². The van der Waals surface area contributed by atoms with Gasteiger partial charge in [0.1, 0.15) is 5.82 Å². The van der Waals surface area contributed by atoms with E-state index in [0.717, 1.165) is 45.3 Å². The fourth-order valence-electron chi connectivity index (χ4n) is 6.81. The molecule has 0 radical (unpaired) electrons. The second kappa shape index (κ2) is 10.8. The third kappa shape index (κ3) is 4.47. The molecule has 2 heterocycles. The van der Waals surface area contributed by atoms with Crippen LogP contribution in [0.5, 0.6) is 0 Å². The summed E-state index contributed by atoms with van der Waals surface area (Å²) in [6, 6.07) is 58.1. The van der Waals surface area contributed by atoms with Crippen molar-refractivity contribution >= 4 is 17.1 Å². The van der Waals surface area contributed by atoms with Crippen LogP contribution in [0.2, 0.25) is 0 Å². The van der Waals surface area contributed by atoms with Gasteiger partial charge < -0.3 is 4.90 Å². The van der Waals surface area contributed by atoms with Crippen LogP contribution in [0.4, 0.5) is 17.1 Å². The lowest BCUT2D eigenvalue weighted by Gasteiger charge is -2.42. The molecule has 0 fully saturated rings. The molecule has 216 valence electrons. The highest BCUT2D eigenvalue weighted by Gasteiger charge is 2.36. The summed E-state index contributed by atoms with van der Waals surface area (Å²) in [6.45, 7) is 4.65. The average Bonchev–Trinajstić information content (AvgIpc) is 3.51. The zero-order chi connectivity index (χ0) is 30.4. The van der Waals surface area contributed by atoms with Crippen molar-refractivity contribution < 1.29 is 0 Å². The Morgan fingerprint density at radius 2 is 0.933 bits per heavy atom. The van der Waals surface area contributed by atoms with Crippen LogP contribution in [-0.4, -0.2) is 9.55 Å². The number of imidazole rings is 1. The molecule has 3 nitrogen and oxygen atoms in total. The van der Waals surface area contributed by atoms with Crippen molar-refractivity contribution in [2.45, 2.75) is 19.3 Å². The molecule has 6 aromatic carbocycles. The number of aromatic nitrogens is 2. The average molecular weight is 580 g/mol. The monoisotopic (exact) mass is 579 g/mol. The number of benzene rings is 6. The Hall–Kier alpha value is -5.67. The molecule has 1 aliphatic rings. The quantitative estimate of drug-likeness (QED) is 0.202. The molecule has 3 heteroatoms. The number of nitrogens with zero attached hydrogens (tertiary/aromatic N) is 3. The SMILES string of the molecule is CC1(C)c2ccccc2N(c2ccc(-c3nc(-c4ccccc4)c(-c4ccccc4)n3-c3ccccc3)cc2)c2ccccc21. The Kier molecular flexibility index (Phi) is 6.46. The molecule has 0 aliphatic carbocycles. The van der Waals surface area contributed by atoms with Crippen LogP contribution in [-0.2, 0) is 5.41 Å². The van der Waals surface area contributed by atoms with E-state index in [1.54, 1.807) is 0 Å². The minimum absolute atomic E-state index is 0.0915. The van der Waals surface area contributed by atoms with E-state index >= 15 is 0 Å². The molecule has 1 aromatic heterocycles. The van der Waals surface area contributed by atoms with Crippen LogP contribution in [0.3, 0.4) is 0 Å². The van der Waals surface area contributed by atoms with E-state index in [1.165, 1.54) is 22.5 Å². The summed E-state index contributed by atoms with van der Waals surface area (Å²) < 4.78 is 2.31. The number of para-hydroxylation sites is 3. The number of hydrogen-bond donors (Lipinski definition) is 0. The van der Waals surface area contributed by atoms with Gasteiger partial charge in [-0.25, -0.2) is 4.98 Å². The third-order valence-electron chi connectivity index (χ3n) is 9.01. The normalized spacial score (nSPS) is 13.2. The molecule has 8 rings (SSSR count). The fourth-order valence-corrected chi connectivity index (χ4v) is 6.81. The zero-order valence-electron chi connectivity index (χ0n) is 25.4. The molecule has 45 heavy (non-hydrogen) atoms. The van der Waals surface area contributed by atoms with Crippen LogP contribution < -0.4 is 4.90 Å². The predicted octanol–water partition coefficient (Wildman–Crippen LogP) is 11.0. The summed E-state index contributed by atoms with van der Waals surface area (Å²) in [4.78, 5) is 7.78. The van der Waals surface area contributed by atoms with Crippen LogP contribution in [0.1, 0.15) is 25.0 Å². The molecule has 0 amide bonds. The Labute approximate surface area is 264 Å². The van der Waals surface area contributed by atoms with E-state index in [4.69, 9.17) is 4.98 Å². The minimum Gasteiger partial charge on any atom is -0.310 e. The van der Waals surface area contributed by atoms with Crippen LogP contribution in [0, 0.1) is 0 Å². The lowest BCUT2D eigenvalue weighted by atomic mass is 9.73. The Balaban J connectivity index is 1.32. The lowest BCUT2D eigenvalue weighted by Crippen LogP contribution is -2.30. The molecule has 0 unspecified atom stereocenters. The highest BCUT2D eigenvalue weighted by atomic mass is 15.2. The summed E-state index contributed by atoms with van der Waals surface area (Å²) >= 11 is 0. The third-order valence-corrected chi connectivity index (χ3v) is 9.01. The Bertz CT molecular complexity index is 2060. The van der Waals surface area contributed by atoms with Gasteiger partial charge in [0.2, 0.25) is 0 Å². The summed E-state index contributed by atoms with van der Waals surface area (Å²) in [7, 11) is 0. The van der Waals surface area contributed by atoms with Crippen molar-refractivity contribution in [3.63, 3.8) is 0 Å². The summed E-state index contributed by atoms with van der Waals surface area (Å²) in [5, 5.41) is 0. The van der Waals surface area contributed by atoms with Crippen molar-refractivity contribution in [2.75, 3.05) is 4.90 Å². The van der Waals surface area contributed by atoms with Crippen molar-refractivity contribution in [1.82, 2.24) is 9.55 Å². The van der Waals surface area contributed by atoms with Gasteiger partial charge in [-0.05, 0) is 59.7 Å². The van der Waals surface area contributed by atoms with Crippen LogP contribution in [0.25, 0.3) is 39.6 Å². The molecule has 7 aromatic rings. The van der Waals surface area contributed by atoms with Crippen molar-refractivity contribution in [3.8, 4) is 39.6 Å². The maximum absolute atomic E-state index is 5.39. The molecule has 0 saturated heterocycles. The molecule has 0 saturated carbocycles. The topological polar surface area (TPSA) is 21.1 Å². The van der Waals surface area contributed by atoms with E-state index in [9.17, 15) is 0 Å². The molecular weight excluding hydrogens is 546 g/mol. The Morgan fingerprint density at radius 3 is 1.51 bits per heavy atom. The van der Waals surface area contributed by atoms with E-state index in [-0.39, 0.29) is 5.41 Å². The van der Waals surface area contributed by atoms with Gasteiger partial charge in [-0.1, -0.05) is 129 Å². The fraction of sp³-hybridized carbons (Fsp3) is 0.0714. The second-order valence-electron chi connectivity index (χ2n) is 12.1. The van der Waals surface area contributed by atoms with Gasteiger partial charge in [-0.3, -0.25) is 4.57 Å². The van der Waals surface area contributed by atoms with Crippen LogP contribution in [0.15, 0.2) is 164 Å². The van der Waals surface area contributed by atoms with Crippen molar-refractivity contribution in [3.05, 3.63) is 175 Å². The van der Waals surface area contributed by atoms with E-state index in [0.29, 0.717) is 0 Å². The van der Waals surface area contributed by atoms with Gasteiger partial charge in [-0.2, -0.15) is 0 Å². The van der Waals surface area contributed by atoms with Crippen LogP contribution >= 0.6 is 0 Å². The predicted molar refractivity (Wildman–Crippen MR) is 187 cm³/mol. The van der Waals surface area contributed by atoms with Gasteiger partial charge in [-0.15, -0.1) is 0 Å². The first-order valence-corrected chi connectivity index (χ1v) is 15.5. The maximum atomic E-state index is 5.39. The largest absolute Gasteiger partial charge is 0.310 e. The summed E-state index contributed by atoms with van der Waals surface area (Å²) in [5.41, 5.74) is 12.5.